The van der Waals surface area contributed by atoms with Gasteiger partial charge in [-0.25, -0.2) is 0 Å². The number of benzene rings is 2. The summed E-state index contributed by atoms with van der Waals surface area (Å²) < 4.78 is 85.2. The molecule has 0 aliphatic carbocycles. The number of ether oxygens (including phenoxy) is 1. The van der Waals surface area contributed by atoms with Crippen molar-refractivity contribution >= 4 is 0 Å². The van der Waals surface area contributed by atoms with E-state index in [-0.39, 0.29) is 29.8 Å². The van der Waals surface area contributed by atoms with Crippen LogP contribution in [-0.2, 0) is 12.4 Å². The van der Waals surface area contributed by atoms with E-state index in [2.05, 4.69) is 11.8 Å². The summed E-state index contributed by atoms with van der Waals surface area (Å²) in [4.78, 5) is 2.25. The third kappa shape index (κ3) is 6.88. The highest BCUT2D eigenvalue weighted by Gasteiger charge is 2.39. The fourth-order valence-electron chi connectivity index (χ4n) is 4.50. The molecule has 2 atom stereocenters. The third-order valence-electron chi connectivity index (χ3n) is 6.21. The monoisotopic (exact) mass is 473 g/mol. The van der Waals surface area contributed by atoms with Crippen LogP contribution in [0.2, 0.25) is 0 Å². The molecule has 2 unspecified atom stereocenters. The van der Waals surface area contributed by atoms with Crippen LogP contribution in [0.15, 0.2) is 48.5 Å². The van der Waals surface area contributed by atoms with E-state index in [9.17, 15) is 26.3 Å². The highest BCUT2D eigenvalue weighted by Crippen LogP contribution is 2.41. The summed E-state index contributed by atoms with van der Waals surface area (Å²) in [7, 11) is 0. The Morgan fingerprint density at radius 1 is 0.909 bits per heavy atom. The number of rotatable bonds is 8. The normalized spacial score (nSPS) is 20.1. The maximum Gasteiger partial charge on any atom is 0.416 e. The molecule has 0 radical (unpaired) electrons. The molecular formula is C25H29F6NO. The van der Waals surface area contributed by atoms with E-state index < -0.39 is 23.5 Å². The van der Waals surface area contributed by atoms with Crippen molar-refractivity contribution in [2.45, 2.75) is 50.9 Å². The van der Waals surface area contributed by atoms with Gasteiger partial charge in [-0.15, -0.1) is 0 Å². The lowest BCUT2D eigenvalue weighted by Gasteiger charge is -2.39. The molecular weight excluding hydrogens is 444 g/mol. The average molecular weight is 474 g/mol. The highest BCUT2D eigenvalue weighted by molar-refractivity contribution is 5.34. The first-order valence-corrected chi connectivity index (χ1v) is 11.3. The zero-order valence-corrected chi connectivity index (χ0v) is 18.6. The lowest BCUT2D eigenvalue weighted by Crippen LogP contribution is -2.42. The van der Waals surface area contributed by atoms with Crippen molar-refractivity contribution < 1.29 is 31.1 Å². The predicted octanol–water partition coefficient (Wildman–Crippen LogP) is 7.40. The summed E-state index contributed by atoms with van der Waals surface area (Å²) in [5.74, 6) is -0.292. The summed E-state index contributed by atoms with van der Waals surface area (Å²) >= 11 is 0. The second-order valence-corrected chi connectivity index (χ2v) is 8.58. The molecule has 1 saturated heterocycles. The van der Waals surface area contributed by atoms with Gasteiger partial charge in [-0.1, -0.05) is 38.0 Å². The minimum Gasteiger partial charge on any atom is -0.493 e. The van der Waals surface area contributed by atoms with Crippen molar-refractivity contribution in [1.29, 1.82) is 0 Å². The molecule has 0 amide bonds. The van der Waals surface area contributed by atoms with Gasteiger partial charge < -0.3 is 9.64 Å². The Morgan fingerprint density at radius 2 is 1.61 bits per heavy atom. The molecule has 0 saturated carbocycles. The number of hydrogen-bond donors (Lipinski definition) is 0. The summed E-state index contributed by atoms with van der Waals surface area (Å²) in [6.07, 6.45) is -5.13. The van der Waals surface area contributed by atoms with Gasteiger partial charge in [-0.3, -0.25) is 0 Å². The number of unbranched alkanes of at least 4 members (excludes halogenated alkanes) is 2. The van der Waals surface area contributed by atoms with Crippen molar-refractivity contribution in [3.05, 3.63) is 65.2 Å². The van der Waals surface area contributed by atoms with Crippen LogP contribution in [0.5, 0.6) is 5.75 Å². The Kier molecular flexibility index (Phi) is 8.32. The summed E-state index contributed by atoms with van der Waals surface area (Å²) in [6.45, 7) is 4.41. The first-order valence-electron chi connectivity index (χ1n) is 11.3. The summed E-state index contributed by atoms with van der Waals surface area (Å²) in [5.41, 5.74) is -1.14. The molecule has 2 aromatic rings. The van der Waals surface area contributed by atoms with Crippen LogP contribution in [0, 0.1) is 5.92 Å². The van der Waals surface area contributed by atoms with Gasteiger partial charge in [0.05, 0.1) is 17.7 Å². The van der Waals surface area contributed by atoms with Gasteiger partial charge in [0.25, 0.3) is 0 Å². The van der Waals surface area contributed by atoms with Crippen LogP contribution in [0.3, 0.4) is 0 Å². The number of piperidine rings is 1. The van der Waals surface area contributed by atoms with Crippen LogP contribution >= 0.6 is 0 Å². The van der Waals surface area contributed by atoms with E-state index in [1.165, 1.54) is 24.3 Å². The number of likely N-dealkylation sites (tertiary alicyclic amines) is 1. The molecule has 3 rings (SSSR count). The van der Waals surface area contributed by atoms with Gasteiger partial charge in [0, 0.05) is 12.5 Å². The number of nitrogens with zero attached hydrogens (tertiary/aromatic N) is 1. The van der Waals surface area contributed by atoms with Crippen LogP contribution in [0.1, 0.15) is 55.2 Å². The van der Waals surface area contributed by atoms with Gasteiger partial charge in [-0.2, -0.15) is 26.3 Å². The summed E-state index contributed by atoms with van der Waals surface area (Å²) in [6, 6.07) is 10.0. The SMILES string of the molecule is CCCCCN1CCC(c2ccccc2C(F)(F)F)C(COc2ccc(C(F)(F)F)cc2)C1. The van der Waals surface area contributed by atoms with Crippen molar-refractivity contribution in [2.24, 2.45) is 5.92 Å². The quantitative estimate of drug-likeness (QED) is 0.293. The van der Waals surface area contributed by atoms with Crippen molar-refractivity contribution in [3.8, 4) is 5.75 Å². The second-order valence-electron chi connectivity index (χ2n) is 8.58. The van der Waals surface area contributed by atoms with Crippen LogP contribution < -0.4 is 4.74 Å². The molecule has 0 bridgehead atoms. The van der Waals surface area contributed by atoms with Gasteiger partial charge in [0.15, 0.2) is 0 Å². The minimum atomic E-state index is -4.45. The van der Waals surface area contributed by atoms with E-state index in [1.54, 1.807) is 6.07 Å². The Labute approximate surface area is 190 Å². The minimum absolute atomic E-state index is 0.131. The molecule has 2 nitrogen and oxygen atoms in total. The largest absolute Gasteiger partial charge is 0.493 e. The highest BCUT2D eigenvalue weighted by atomic mass is 19.4. The molecule has 182 valence electrons. The fraction of sp³-hybridized carbons (Fsp3) is 0.520. The fourth-order valence-corrected chi connectivity index (χ4v) is 4.50. The smallest absolute Gasteiger partial charge is 0.416 e. The third-order valence-corrected chi connectivity index (χ3v) is 6.21. The number of alkyl halides is 6. The van der Waals surface area contributed by atoms with Crippen molar-refractivity contribution in [2.75, 3.05) is 26.2 Å². The molecule has 8 heteroatoms. The zero-order valence-electron chi connectivity index (χ0n) is 18.6. The van der Waals surface area contributed by atoms with E-state index in [0.29, 0.717) is 19.5 Å². The molecule has 2 aromatic carbocycles. The molecule has 0 aromatic heterocycles. The molecule has 0 spiro atoms. The maximum absolute atomic E-state index is 13.7. The number of halogens is 6. The molecule has 1 aliphatic heterocycles. The topological polar surface area (TPSA) is 12.5 Å². The Hall–Kier alpha value is -2.22. The van der Waals surface area contributed by atoms with E-state index in [1.807, 2.05) is 0 Å². The van der Waals surface area contributed by atoms with Crippen molar-refractivity contribution in [1.82, 2.24) is 4.90 Å². The van der Waals surface area contributed by atoms with E-state index >= 15 is 0 Å². The van der Waals surface area contributed by atoms with E-state index in [4.69, 9.17) is 4.74 Å². The molecule has 1 heterocycles. The first kappa shape index (κ1) is 25.4. The Bertz CT molecular complexity index is 878. The molecule has 1 aliphatic rings. The molecule has 33 heavy (non-hydrogen) atoms. The molecule has 0 N–H and O–H groups in total. The van der Waals surface area contributed by atoms with Crippen LogP contribution in [0.25, 0.3) is 0 Å². The second kappa shape index (κ2) is 10.8. The number of hydrogen-bond acceptors (Lipinski definition) is 2. The van der Waals surface area contributed by atoms with Crippen molar-refractivity contribution in [3.63, 3.8) is 0 Å². The van der Waals surface area contributed by atoms with Gasteiger partial charge >= 0.3 is 12.4 Å². The van der Waals surface area contributed by atoms with Gasteiger partial charge in [0.1, 0.15) is 5.75 Å². The Balaban J connectivity index is 1.78. The molecule has 1 fully saturated rings. The standard InChI is InChI=1S/C25H29F6NO/c1-2-3-6-14-32-15-13-21(22-7-4-5-8-23(22)25(29,30)31)18(16-32)17-33-20-11-9-19(10-12-20)24(26,27)28/h4-5,7-12,18,21H,2-3,6,13-17H2,1H3. The Morgan fingerprint density at radius 3 is 2.24 bits per heavy atom. The lowest BCUT2D eigenvalue weighted by atomic mass is 9.78. The van der Waals surface area contributed by atoms with Gasteiger partial charge in [-0.05, 0) is 67.7 Å². The van der Waals surface area contributed by atoms with Gasteiger partial charge in [0.2, 0.25) is 0 Å². The van der Waals surface area contributed by atoms with Crippen LogP contribution in [0.4, 0.5) is 26.3 Å². The first-order chi connectivity index (χ1) is 15.6. The zero-order chi connectivity index (χ0) is 24.1. The predicted molar refractivity (Wildman–Crippen MR) is 115 cm³/mol. The lowest BCUT2D eigenvalue weighted by molar-refractivity contribution is -0.139. The average Bonchev–Trinajstić information content (AvgIpc) is 2.77. The summed E-state index contributed by atoms with van der Waals surface area (Å²) in [5, 5.41) is 0. The van der Waals surface area contributed by atoms with Crippen LogP contribution in [-0.4, -0.2) is 31.1 Å². The van der Waals surface area contributed by atoms with E-state index in [0.717, 1.165) is 44.0 Å². The maximum atomic E-state index is 13.7.